The van der Waals surface area contributed by atoms with E-state index in [0.717, 1.165) is 15.8 Å². The van der Waals surface area contributed by atoms with E-state index in [2.05, 4.69) is 4.40 Å². The van der Waals surface area contributed by atoms with Crippen LogP contribution in [0.15, 0.2) is 57.8 Å². The van der Waals surface area contributed by atoms with Crippen LogP contribution in [-0.2, 0) is 17.1 Å². The Hall–Kier alpha value is -1.92. The van der Waals surface area contributed by atoms with E-state index < -0.39 is 10.0 Å². The Labute approximate surface area is 127 Å². The van der Waals surface area contributed by atoms with Crippen LogP contribution in [0.3, 0.4) is 0 Å². The number of sulfonamides is 1. The second-order valence-corrected chi connectivity index (χ2v) is 7.36. The second-order valence-electron chi connectivity index (χ2n) is 4.74. The van der Waals surface area contributed by atoms with Gasteiger partial charge < -0.3 is 4.57 Å². The Kier molecular flexibility index (Phi) is 3.43. The maximum absolute atomic E-state index is 12.3. The molecule has 0 spiro atoms. The molecule has 0 bridgehead atoms. The van der Waals surface area contributed by atoms with Crippen LogP contribution < -0.4 is 4.80 Å². The van der Waals surface area contributed by atoms with Gasteiger partial charge in [-0.15, -0.1) is 4.40 Å². The summed E-state index contributed by atoms with van der Waals surface area (Å²) < 4.78 is 31.5. The summed E-state index contributed by atoms with van der Waals surface area (Å²) in [5.74, 6) is 0. The molecule has 0 N–H and O–H groups in total. The molecule has 0 aliphatic rings. The lowest BCUT2D eigenvalue weighted by atomic mass is 10.2. The molecular formula is C15H14N2O2S2. The molecule has 0 atom stereocenters. The molecule has 6 heteroatoms. The lowest BCUT2D eigenvalue weighted by Gasteiger charge is -2.00. The van der Waals surface area contributed by atoms with Gasteiger partial charge in [0, 0.05) is 7.05 Å². The molecule has 21 heavy (non-hydrogen) atoms. The fraction of sp³-hybridized carbons (Fsp3) is 0.133. The van der Waals surface area contributed by atoms with Crippen LogP contribution >= 0.6 is 11.3 Å². The number of aryl methyl sites for hydroxylation is 2. The van der Waals surface area contributed by atoms with Gasteiger partial charge in [-0.2, -0.15) is 8.42 Å². The Bertz CT molecular complexity index is 968. The van der Waals surface area contributed by atoms with Gasteiger partial charge in [-0.05, 0) is 30.7 Å². The number of benzene rings is 2. The van der Waals surface area contributed by atoms with Crippen LogP contribution in [0.4, 0.5) is 0 Å². The molecule has 0 unspecified atom stereocenters. The van der Waals surface area contributed by atoms with Crippen LogP contribution in [0, 0.1) is 6.92 Å². The summed E-state index contributed by atoms with van der Waals surface area (Å²) in [6.07, 6.45) is 0. The standard InChI is InChI=1S/C15H14N2O2S2/c1-11-7-6-10-13-14(11)17(2)15(20-13)16-21(18,19)12-8-4-3-5-9-12/h3-10H,1-2H3. The zero-order chi connectivity index (χ0) is 15.0. The summed E-state index contributed by atoms with van der Waals surface area (Å²) in [6.45, 7) is 2.00. The maximum Gasteiger partial charge on any atom is 0.285 e. The van der Waals surface area contributed by atoms with Gasteiger partial charge in [0.1, 0.15) is 0 Å². The normalized spacial score (nSPS) is 13.0. The average Bonchev–Trinajstić information content (AvgIpc) is 2.77. The molecule has 1 heterocycles. The van der Waals surface area contributed by atoms with E-state index in [1.54, 1.807) is 30.3 Å². The van der Waals surface area contributed by atoms with Crippen molar-refractivity contribution in [2.75, 3.05) is 0 Å². The number of aromatic nitrogens is 1. The molecule has 2 aromatic carbocycles. The van der Waals surface area contributed by atoms with Crippen molar-refractivity contribution in [2.45, 2.75) is 11.8 Å². The number of hydrogen-bond donors (Lipinski definition) is 0. The predicted octanol–water partition coefficient (Wildman–Crippen LogP) is 2.84. The Morgan fingerprint density at radius 1 is 1.05 bits per heavy atom. The third-order valence-electron chi connectivity index (χ3n) is 3.26. The van der Waals surface area contributed by atoms with E-state index in [1.807, 2.05) is 36.7 Å². The first-order valence-corrected chi connectivity index (χ1v) is 8.66. The summed E-state index contributed by atoms with van der Waals surface area (Å²) in [4.78, 5) is 0.683. The second kappa shape index (κ2) is 5.13. The highest BCUT2D eigenvalue weighted by Gasteiger charge is 2.13. The van der Waals surface area contributed by atoms with Gasteiger partial charge in [0.25, 0.3) is 10.0 Å². The van der Waals surface area contributed by atoms with Crippen LogP contribution in [0.5, 0.6) is 0 Å². The minimum absolute atomic E-state index is 0.208. The molecule has 0 aliphatic heterocycles. The molecule has 0 fully saturated rings. The largest absolute Gasteiger partial charge is 0.319 e. The van der Waals surface area contributed by atoms with Gasteiger partial charge >= 0.3 is 0 Å². The minimum atomic E-state index is -3.68. The summed E-state index contributed by atoms with van der Waals surface area (Å²) in [5, 5.41) is 0. The average molecular weight is 318 g/mol. The van der Waals surface area contributed by atoms with Crippen molar-refractivity contribution >= 4 is 31.6 Å². The van der Waals surface area contributed by atoms with Crippen molar-refractivity contribution in [2.24, 2.45) is 11.4 Å². The van der Waals surface area contributed by atoms with Gasteiger partial charge in [-0.3, -0.25) is 0 Å². The molecule has 108 valence electrons. The van der Waals surface area contributed by atoms with Crippen LogP contribution in [0.1, 0.15) is 5.56 Å². The lowest BCUT2D eigenvalue weighted by molar-refractivity contribution is 0.596. The fourth-order valence-electron chi connectivity index (χ4n) is 2.23. The van der Waals surface area contributed by atoms with Crippen LogP contribution in [-0.4, -0.2) is 13.0 Å². The molecule has 0 amide bonds. The minimum Gasteiger partial charge on any atom is -0.319 e. The first-order chi connectivity index (χ1) is 9.99. The molecule has 0 saturated heterocycles. The highest BCUT2D eigenvalue weighted by molar-refractivity contribution is 7.90. The monoisotopic (exact) mass is 318 g/mol. The Morgan fingerprint density at radius 2 is 1.76 bits per heavy atom. The predicted molar refractivity (Wildman–Crippen MR) is 84.7 cm³/mol. The van der Waals surface area contributed by atoms with Crippen molar-refractivity contribution in [3.8, 4) is 0 Å². The van der Waals surface area contributed by atoms with Gasteiger partial charge in [0.2, 0.25) is 4.80 Å². The van der Waals surface area contributed by atoms with E-state index in [9.17, 15) is 8.42 Å². The number of rotatable bonds is 2. The molecule has 0 aliphatic carbocycles. The summed E-state index contributed by atoms with van der Waals surface area (Å²) in [7, 11) is -1.84. The number of nitrogens with zero attached hydrogens (tertiary/aromatic N) is 2. The van der Waals surface area contributed by atoms with Gasteiger partial charge in [0.15, 0.2) is 0 Å². The summed E-state index contributed by atoms with van der Waals surface area (Å²) in [5.41, 5.74) is 2.12. The number of hydrogen-bond acceptors (Lipinski definition) is 3. The number of para-hydroxylation sites is 1. The molecule has 3 rings (SSSR count). The van der Waals surface area contributed by atoms with Crippen LogP contribution in [0.2, 0.25) is 0 Å². The summed E-state index contributed by atoms with van der Waals surface area (Å²) in [6, 6.07) is 14.2. The number of thiazole rings is 1. The maximum atomic E-state index is 12.3. The van der Waals surface area contributed by atoms with Crippen LogP contribution in [0.25, 0.3) is 10.2 Å². The quantitative estimate of drug-likeness (QED) is 0.729. The fourth-order valence-corrected chi connectivity index (χ4v) is 4.58. The molecule has 4 nitrogen and oxygen atoms in total. The van der Waals surface area contributed by atoms with E-state index >= 15 is 0 Å². The van der Waals surface area contributed by atoms with Crippen molar-refractivity contribution < 1.29 is 8.42 Å². The highest BCUT2D eigenvalue weighted by Crippen LogP contribution is 2.20. The smallest absolute Gasteiger partial charge is 0.285 e. The van der Waals surface area contributed by atoms with E-state index in [1.165, 1.54) is 11.3 Å². The van der Waals surface area contributed by atoms with E-state index in [4.69, 9.17) is 0 Å². The van der Waals surface area contributed by atoms with Crippen molar-refractivity contribution in [1.82, 2.24) is 4.57 Å². The third kappa shape index (κ3) is 2.52. The SMILES string of the molecule is Cc1cccc2sc(=NS(=O)(=O)c3ccccc3)n(C)c12. The Balaban J connectivity index is 2.26. The molecule has 0 radical (unpaired) electrons. The molecular weight excluding hydrogens is 304 g/mol. The Morgan fingerprint density at radius 3 is 2.43 bits per heavy atom. The van der Waals surface area contributed by atoms with E-state index in [-0.39, 0.29) is 4.90 Å². The van der Waals surface area contributed by atoms with Gasteiger partial charge in [-0.1, -0.05) is 41.7 Å². The topological polar surface area (TPSA) is 51.4 Å². The number of fused-ring (bicyclic) bond motifs is 1. The first-order valence-electron chi connectivity index (χ1n) is 6.40. The zero-order valence-electron chi connectivity index (χ0n) is 11.6. The van der Waals surface area contributed by atoms with Crippen molar-refractivity contribution in [3.05, 3.63) is 58.9 Å². The van der Waals surface area contributed by atoms with Gasteiger partial charge in [0.05, 0.1) is 15.1 Å². The summed E-state index contributed by atoms with van der Waals surface area (Å²) >= 11 is 1.38. The van der Waals surface area contributed by atoms with Crippen molar-refractivity contribution in [1.29, 1.82) is 0 Å². The van der Waals surface area contributed by atoms with Crippen molar-refractivity contribution in [3.63, 3.8) is 0 Å². The molecule has 3 aromatic rings. The van der Waals surface area contributed by atoms with Gasteiger partial charge in [-0.25, -0.2) is 0 Å². The lowest BCUT2D eigenvalue weighted by Crippen LogP contribution is -2.14. The third-order valence-corrected chi connectivity index (χ3v) is 5.76. The molecule has 1 aromatic heterocycles. The van der Waals surface area contributed by atoms with E-state index in [0.29, 0.717) is 4.80 Å². The first kappa shape index (κ1) is 14.0. The molecule has 0 saturated carbocycles. The zero-order valence-corrected chi connectivity index (χ0v) is 13.3. The highest BCUT2D eigenvalue weighted by atomic mass is 32.2.